The summed E-state index contributed by atoms with van der Waals surface area (Å²) in [7, 11) is 1.47. The number of carbonyl (C=O) groups excluding carboxylic acids is 1. The Bertz CT molecular complexity index is 816. The molecular formula is C17H21N5O3. The van der Waals surface area contributed by atoms with Gasteiger partial charge in [0.15, 0.2) is 0 Å². The maximum Gasteiger partial charge on any atom is 0.316 e. The van der Waals surface area contributed by atoms with E-state index >= 15 is 0 Å². The van der Waals surface area contributed by atoms with Crippen molar-refractivity contribution < 1.29 is 9.53 Å². The Morgan fingerprint density at radius 2 is 2.08 bits per heavy atom. The second-order valence-electron chi connectivity index (χ2n) is 6.33. The minimum absolute atomic E-state index is 0.140. The van der Waals surface area contributed by atoms with Crippen molar-refractivity contribution in [3.8, 4) is 6.01 Å². The van der Waals surface area contributed by atoms with Gasteiger partial charge in [-0.2, -0.15) is 0 Å². The van der Waals surface area contributed by atoms with E-state index in [1.165, 1.54) is 25.6 Å². The lowest BCUT2D eigenvalue weighted by Crippen LogP contribution is -2.32. The van der Waals surface area contributed by atoms with Crippen LogP contribution in [-0.4, -0.2) is 44.4 Å². The molecule has 1 saturated heterocycles. The van der Waals surface area contributed by atoms with Crippen LogP contribution in [-0.2, 0) is 0 Å². The number of ether oxygens (including phenoxy) is 1. The predicted molar refractivity (Wildman–Crippen MR) is 90.5 cm³/mol. The third-order valence-corrected chi connectivity index (χ3v) is 4.26. The van der Waals surface area contributed by atoms with Crippen molar-refractivity contribution in [1.82, 2.24) is 24.8 Å². The van der Waals surface area contributed by atoms with E-state index in [1.807, 2.05) is 13.8 Å². The SMILES string of the molecule is COc1ncc(C(=O)N2CCCC2c2nc(C(C)C)cc(=O)[nH]2)cn1. The number of hydrogen-bond acceptors (Lipinski definition) is 6. The van der Waals surface area contributed by atoms with E-state index in [0.29, 0.717) is 17.9 Å². The zero-order valence-corrected chi connectivity index (χ0v) is 14.5. The number of hydrogen-bond donors (Lipinski definition) is 1. The molecule has 3 rings (SSSR count). The Hall–Kier alpha value is -2.77. The molecule has 8 nitrogen and oxygen atoms in total. The summed E-state index contributed by atoms with van der Waals surface area (Å²) in [5, 5.41) is 0. The number of carbonyl (C=O) groups is 1. The zero-order chi connectivity index (χ0) is 18.0. The van der Waals surface area contributed by atoms with Gasteiger partial charge in [0.25, 0.3) is 11.5 Å². The van der Waals surface area contributed by atoms with Crippen LogP contribution in [0.4, 0.5) is 0 Å². The van der Waals surface area contributed by atoms with Crippen LogP contribution < -0.4 is 10.3 Å². The fourth-order valence-corrected chi connectivity index (χ4v) is 2.94. The van der Waals surface area contributed by atoms with Gasteiger partial charge in [-0.1, -0.05) is 13.8 Å². The summed E-state index contributed by atoms with van der Waals surface area (Å²) in [6, 6.07) is 1.47. The van der Waals surface area contributed by atoms with E-state index in [-0.39, 0.29) is 29.4 Å². The summed E-state index contributed by atoms with van der Waals surface area (Å²) in [4.78, 5) is 41.8. The Kier molecular flexibility index (Phi) is 4.78. The molecule has 1 atom stereocenters. The number of nitrogens with zero attached hydrogens (tertiary/aromatic N) is 4. The topological polar surface area (TPSA) is 101 Å². The summed E-state index contributed by atoms with van der Waals surface area (Å²) in [6.45, 7) is 4.57. The first-order valence-corrected chi connectivity index (χ1v) is 8.27. The highest BCUT2D eigenvalue weighted by Crippen LogP contribution is 2.31. The van der Waals surface area contributed by atoms with Crippen LogP contribution in [0.25, 0.3) is 0 Å². The maximum absolute atomic E-state index is 12.8. The molecule has 0 saturated carbocycles. The summed E-state index contributed by atoms with van der Waals surface area (Å²) in [5.41, 5.74) is 0.918. The third-order valence-electron chi connectivity index (χ3n) is 4.26. The molecule has 0 aromatic carbocycles. The lowest BCUT2D eigenvalue weighted by Gasteiger charge is -2.24. The Morgan fingerprint density at radius 3 is 2.72 bits per heavy atom. The van der Waals surface area contributed by atoms with Crippen molar-refractivity contribution in [2.24, 2.45) is 0 Å². The second kappa shape index (κ2) is 7.00. The van der Waals surface area contributed by atoms with E-state index < -0.39 is 0 Å². The molecule has 1 aliphatic heterocycles. The van der Waals surface area contributed by atoms with Crippen LogP contribution in [0.2, 0.25) is 0 Å². The van der Waals surface area contributed by atoms with Gasteiger partial charge in [-0.15, -0.1) is 0 Å². The van der Waals surface area contributed by atoms with Crippen LogP contribution in [0.15, 0.2) is 23.3 Å². The first-order valence-electron chi connectivity index (χ1n) is 8.27. The molecule has 2 aromatic rings. The van der Waals surface area contributed by atoms with Crippen LogP contribution in [0, 0.1) is 0 Å². The molecule has 0 aliphatic carbocycles. The summed E-state index contributed by atoms with van der Waals surface area (Å²) in [5.74, 6) is 0.501. The zero-order valence-electron chi connectivity index (χ0n) is 14.5. The molecule has 1 amide bonds. The second-order valence-corrected chi connectivity index (χ2v) is 6.33. The highest BCUT2D eigenvalue weighted by atomic mass is 16.5. The monoisotopic (exact) mass is 343 g/mol. The molecule has 25 heavy (non-hydrogen) atoms. The molecule has 1 N–H and O–H groups in total. The first-order chi connectivity index (χ1) is 12.0. The van der Waals surface area contributed by atoms with Crippen molar-refractivity contribution in [2.45, 2.75) is 38.6 Å². The number of rotatable bonds is 4. The van der Waals surface area contributed by atoms with Crippen LogP contribution >= 0.6 is 0 Å². The minimum Gasteiger partial charge on any atom is -0.467 e. The molecule has 1 aliphatic rings. The van der Waals surface area contributed by atoms with Crippen molar-refractivity contribution in [2.75, 3.05) is 13.7 Å². The van der Waals surface area contributed by atoms with E-state index in [0.717, 1.165) is 18.5 Å². The van der Waals surface area contributed by atoms with Crippen LogP contribution in [0.1, 0.15) is 60.5 Å². The average Bonchev–Trinajstić information content (AvgIpc) is 3.10. The van der Waals surface area contributed by atoms with E-state index in [9.17, 15) is 9.59 Å². The summed E-state index contributed by atoms with van der Waals surface area (Å²) < 4.78 is 4.92. The highest BCUT2D eigenvalue weighted by molar-refractivity contribution is 5.94. The first kappa shape index (κ1) is 17.1. The van der Waals surface area contributed by atoms with Gasteiger partial charge in [-0.3, -0.25) is 9.59 Å². The van der Waals surface area contributed by atoms with Crippen LogP contribution in [0.3, 0.4) is 0 Å². The lowest BCUT2D eigenvalue weighted by molar-refractivity contribution is 0.0728. The van der Waals surface area contributed by atoms with Gasteiger partial charge in [0.2, 0.25) is 0 Å². The molecule has 2 aromatic heterocycles. The highest BCUT2D eigenvalue weighted by Gasteiger charge is 2.33. The Labute approximate surface area is 145 Å². The lowest BCUT2D eigenvalue weighted by atomic mass is 10.1. The van der Waals surface area contributed by atoms with Gasteiger partial charge in [0, 0.05) is 25.0 Å². The normalized spacial score (nSPS) is 17.1. The van der Waals surface area contributed by atoms with Crippen molar-refractivity contribution in [3.05, 3.63) is 45.9 Å². The Balaban J connectivity index is 1.89. The van der Waals surface area contributed by atoms with Crippen molar-refractivity contribution in [3.63, 3.8) is 0 Å². The molecule has 1 unspecified atom stereocenters. The molecule has 0 spiro atoms. The van der Waals surface area contributed by atoms with E-state index in [2.05, 4.69) is 19.9 Å². The number of amides is 1. The fraction of sp³-hybridized carbons (Fsp3) is 0.471. The number of aromatic amines is 1. The van der Waals surface area contributed by atoms with E-state index in [1.54, 1.807) is 4.90 Å². The number of likely N-dealkylation sites (tertiary alicyclic amines) is 1. The average molecular weight is 343 g/mol. The number of methoxy groups -OCH3 is 1. The number of nitrogens with one attached hydrogen (secondary N) is 1. The number of H-pyrrole nitrogens is 1. The van der Waals surface area contributed by atoms with Gasteiger partial charge in [0.1, 0.15) is 5.82 Å². The molecule has 8 heteroatoms. The fourth-order valence-electron chi connectivity index (χ4n) is 2.94. The number of aromatic nitrogens is 4. The quantitative estimate of drug-likeness (QED) is 0.906. The maximum atomic E-state index is 12.8. The predicted octanol–water partition coefficient (Wildman–Crippen LogP) is 1.67. The van der Waals surface area contributed by atoms with Crippen LogP contribution in [0.5, 0.6) is 6.01 Å². The van der Waals surface area contributed by atoms with Gasteiger partial charge < -0.3 is 14.6 Å². The van der Waals surface area contributed by atoms with Gasteiger partial charge in [-0.25, -0.2) is 15.0 Å². The molecule has 0 radical (unpaired) electrons. The molecular weight excluding hydrogens is 322 g/mol. The van der Waals surface area contributed by atoms with Gasteiger partial charge in [-0.05, 0) is 18.8 Å². The minimum atomic E-state index is -0.249. The van der Waals surface area contributed by atoms with Gasteiger partial charge >= 0.3 is 6.01 Å². The third kappa shape index (κ3) is 3.52. The molecule has 1 fully saturated rings. The van der Waals surface area contributed by atoms with Crippen molar-refractivity contribution >= 4 is 5.91 Å². The van der Waals surface area contributed by atoms with E-state index in [4.69, 9.17) is 4.74 Å². The largest absolute Gasteiger partial charge is 0.467 e. The molecule has 0 bridgehead atoms. The molecule has 132 valence electrons. The molecule has 3 heterocycles. The van der Waals surface area contributed by atoms with Crippen molar-refractivity contribution in [1.29, 1.82) is 0 Å². The standard InChI is InChI=1S/C17H21N5O3/c1-10(2)12-7-14(23)21-15(20-12)13-5-4-6-22(13)16(24)11-8-18-17(25-3)19-9-11/h7-10,13H,4-6H2,1-3H3,(H,20,21,23). The Morgan fingerprint density at radius 1 is 1.36 bits per heavy atom. The smallest absolute Gasteiger partial charge is 0.316 e. The summed E-state index contributed by atoms with van der Waals surface area (Å²) in [6.07, 6.45) is 4.50. The van der Waals surface area contributed by atoms with Gasteiger partial charge in [0.05, 0.1) is 24.4 Å². The summed E-state index contributed by atoms with van der Waals surface area (Å²) >= 11 is 0.